The average molecular weight is 338 g/mol. The van der Waals surface area contributed by atoms with E-state index in [2.05, 4.69) is 45.0 Å². The van der Waals surface area contributed by atoms with E-state index in [0.29, 0.717) is 0 Å². The number of hydrogen-bond acceptors (Lipinski definition) is 4. The van der Waals surface area contributed by atoms with Gasteiger partial charge in [-0.1, -0.05) is 34.6 Å². The highest BCUT2D eigenvalue weighted by Crippen LogP contribution is 2.31. The van der Waals surface area contributed by atoms with E-state index < -0.39 is 0 Å². The maximum absolute atomic E-state index is 6.06. The largest absolute Gasteiger partial charge is 0.327 e. The third-order valence-electron chi connectivity index (χ3n) is 2.78. The predicted octanol–water partition coefficient (Wildman–Crippen LogP) is 3.67. The summed E-state index contributed by atoms with van der Waals surface area (Å²) in [7, 11) is 0. The Morgan fingerprint density at radius 2 is 2.21 bits per heavy atom. The van der Waals surface area contributed by atoms with Crippen molar-refractivity contribution >= 4 is 27.7 Å². The molecule has 0 aliphatic carbocycles. The quantitative estimate of drug-likeness (QED) is 0.904. The van der Waals surface area contributed by atoms with Gasteiger partial charge in [-0.3, -0.25) is 4.98 Å². The van der Waals surface area contributed by atoms with Crippen LogP contribution in [0.1, 0.15) is 18.9 Å². The second-order valence-electron chi connectivity index (χ2n) is 4.27. The summed E-state index contributed by atoms with van der Waals surface area (Å²) < 4.78 is 1.08. The van der Waals surface area contributed by atoms with Crippen molar-refractivity contribution in [3.63, 3.8) is 0 Å². The third-order valence-corrected chi connectivity index (χ3v) is 4.31. The summed E-state index contributed by atoms with van der Waals surface area (Å²) in [6.07, 6.45) is 7.01. The smallest absolute Gasteiger partial charge is 0.119 e. The lowest BCUT2D eigenvalue weighted by molar-refractivity contribution is 0.641. The van der Waals surface area contributed by atoms with Crippen molar-refractivity contribution in [2.75, 3.05) is 0 Å². The lowest BCUT2D eigenvalue weighted by Crippen LogP contribution is -2.21. The Morgan fingerprint density at radius 1 is 1.37 bits per heavy atom. The Hall–Kier alpha value is -0.910. The van der Waals surface area contributed by atoms with E-state index in [1.807, 2.05) is 6.07 Å². The number of hydrogen-bond donors (Lipinski definition) is 1. The first-order valence-corrected chi connectivity index (χ1v) is 7.78. The molecule has 5 heteroatoms. The van der Waals surface area contributed by atoms with Gasteiger partial charge in [0.2, 0.25) is 0 Å². The fraction of sp³-hybridized carbons (Fsp3) is 0.286. The number of rotatable bonds is 5. The van der Waals surface area contributed by atoms with E-state index in [9.17, 15) is 0 Å². The summed E-state index contributed by atoms with van der Waals surface area (Å²) in [5.41, 5.74) is 7.31. The van der Waals surface area contributed by atoms with Crippen molar-refractivity contribution in [2.45, 2.75) is 35.7 Å². The van der Waals surface area contributed by atoms with Gasteiger partial charge in [0.15, 0.2) is 0 Å². The van der Waals surface area contributed by atoms with Gasteiger partial charge in [-0.05, 0) is 36.6 Å². The van der Waals surface area contributed by atoms with E-state index in [1.54, 1.807) is 30.4 Å². The molecule has 0 fully saturated rings. The van der Waals surface area contributed by atoms with Crippen LogP contribution in [0.4, 0.5) is 0 Å². The molecule has 19 heavy (non-hydrogen) atoms. The molecule has 0 saturated carbocycles. The van der Waals surface area contributed by atoms with Gasteiger partial charge in [0.1, 0.15) is 5.03 Å². The summed E-state index contributed by atoms with van der Waals surface area (Å²) in [6, 6.07) is 6.46. The van der Waals surface area contributed by atoms with Gasteiger partial charge in [0.25, 0.3) is 0 Å². The number of nitrogens with zero attached hydrogens (tertiary/aromatic N) is 2. The Balaban J connectivity index is 2.24. The second-order valence-corrected chi connectivity index (χ2v) is 6.25. The molecule has 0 radical (unpaired) electrons. The highest BCUT2D eigenvalue weighted by atomic mass is 79.9. The molecule has 1 heterocycles. The summed E-state index contributed by atoms with van der Waals surface area (Å²) >= 11 is 5.14. The molecule has 0 spiro atoms. The Labute approximate surface area is 126 Å². The molecule has 0 aliphatic rings. The van der Waals surface area contributed by atoms with Crippen molar-refractivity contribution in [2.24, 2.45) is 5.73 Å². The summed E-state index contributed by atoms with van der Waals surface area (Å²) in [4.78, 5) is 9.57. The minimum Gasteiger partial charge on any atom is -0.327 e. The second kappa shape index (κ2) is 7.03. The molecule has 1 aromatic heterocycles. The molecule has 2 rings (SSSR count). The van der Waals surface area contributed by atoms with Crippen LogP contribution in [0.25, 0.3) is 0 Å². The molecule has 0 saturated heterocycles. The highest BCUT2D eigenvalue weighted by molar-refractivity contribution is 9.10. The molecule has 2 N–H and O–H groups in total. The van der Waals surface area contributed by atoms with Crippen molar-refractivity contribution in [3.8, 4) is 0 Å². The maximum atomic E-state index is 6.06. The molecular weight excluding hydrogens is 322 g/mol. The van der Waals surface area contributed by atoms with E-state index in [4.69, 9.17) is 5.73 Å². The van der Waals surface area contributed by atoms with Crippen LogP contribution in [0.15, 0.2) is 51.2 Å². The first kappa shape index (κ1) is 14.5. The summed E-state index contributed by atoms with van der Waals surface area (Å²) in [6.45, 7) is 2.11. The summed E-state index contributed by atoms with van der Waals surface area (Å²) in [5.74, 6) is 0. The molecule has 0 bridgehead atoms. The van der Waals surface area contributed by atoms with Gasteiger partial charge in [-0.15, -0.1) is 0 Å². The zero-order chi connectivity index (χ0) is 13.7. The predicted molar refractivity (Wildman–Crippen MR) is 82.3 cm³/mol. The molecule has 3 nitrogen and oxygen atoms in total. The summed E-state index contributed by atoms with van der Waals surface area (Å²) in [5, 5.41) is 0.899. The highest BCUT2D eigenvalue weighted by Gasteiger charge is 2.09. The van der Waals surface area contributed by atoms with Crippen LogP contribution in [-0.4, -0.2) is 16.0 Å². The van der Waals surface area contributed by atoms with Gasteiger partial charge >= 0.3 is 0 Å². The fourth-order valence-corrected chi connectivity index (χ4v) is 2.96. The lowest BCUT2D eigenvalue weighted by Gasteiger charge is -2.13. The maximum Gasteiger partial charge on any atom is 0.119 e. The van der Waals surface area contributed by atoms with Gasteiger partial charge in [0.05, 0.1) is 6.20 Å². The van der Waals surface area contributed by atoms with Crippen molar-refractivity contribution < 1.29 is 0 Å². The van der Waals surface area contributed by atoms with Crippen LogP contribution < -0.4 is 5.73 Å². The van der Waals surface area contributed by atoms with Crippen LogP contribution in [0.3, 0.4) is 0 Å². The zero-order valence-electron chi connectivity index (χ0n) is 10.7. The van der Waals surface area contributed by atoms with Gasteiger partial charge in [-0.2, -0.15) is 0 Å². The first-order valence-electron chi connectivity index (χ1n) is 6.17. The third kappa shape index (κ3) is 4.30. The Morgan fingerprint density at radius 3 is 2.89 bits per heavy atom. The molecule has 100 valence electrons. The van der Waals surface area contributed by atoms with Crippen LogP contribution in [0, 0.1) is 0 Å². The van der Waals surface area contributed by atoms with Crippen LogP contribution in [0.2, 0.25) is 0 Å². The number of halogens is 1. The molecule has 1 atom stereocenters. The molecule has 0 aliphatic heterocycles. The molecule has 1 unspecified atom stereocenters. The van der Waals surface area contributed by atoms with Crippen LogP contribution in [-0.2, 0) is 6.42 Å². The average Bonchev–Trinajstić information content (AvgIpc) is 2.43. The molecule has 2 aromatic rings. The van der Waals surface area contributed by atoms with Gasteiger partial charge in [0, 0.05) is 27.8 Å². The van der Waals surface area contributed by atoms with Gasteiger partial charge in [-0.25, -0.2) is 4.98 Å². The van der Waals surface area contributed by atoms with E-state index in [0.717, 1.165) is 22.3 Å². The minimum atomic E-state index is 0.190. The van der Waals surface area contributed by atoms with E-state index in [-0.39, 0.29) is 6.04 Å². The molecule has 0 amide bonds. The molecule has 1 aromatic carbocycles. The minimum absolute atomic E-state index is 0.190. The molecular formula is C14H16BrN3S. The van der Waals surface area contributed by atoms with E-state index >= 15 is 0 Å². The zero-order valence-corrected chi connectivity index (χ0v) is 13.1. The first-order chi connectivity index (χ1) is 9.19. The van der Waals surface area contributed by atoms with Gasteiger partial charge < -0.3 is 5.73 Å². The number of aromatic nitrogens is 2. The Bertz CT molecular complexity index is 533. The SMILES string of the molecule is CCC(N)Cc1cc(Br)ccc1Sc1cnccn1. The standard InChI is InChI=1S/C14H16BrN3S/c1-2-12(16)8-10-7-11(15)3-4-13(10)19-14-9-17-5-6-18-14/h3-7,9,12H,2,8,16H2,1H3. The monoisotopic (exact) mass is 337 g/mol. The van der Waals surface area contributed by atoms with Crippen molar-refractivity contribution in [1.82, 2.24) is 9.97 Å². The fourth-order valence-electron chi connectivity index (χ4n) is 1.68. The normalized spacial score (nSPS) is 12.4. The number of benzene rings is 1. The van der Waals surface area contributed by atoms with Crippen molar-refractivity contribution in [3.05, 3.63) is 46.8 Å². The lowest BCUT2D eigenvalue weighted by atomic mass is 10.1. The van der Waals surface area contributed by atoms with Crippen molar-refractivity contribution in [1.29, 1.82) is 0 Å². The topological polar surface area (TPSA) is 51.8 Å². The van der Waals surface area contributed by atoms with E-state index in [1.165, 1.54) is 10.5 Å². The van der Waals surface area contributed by atoms with Crippen LogP contribution in [0.5, 0.6) is 0 Å². The number of nitrogens with two attached hydrogens (primary N) is 1. The Kier molecular flexibility index (Phi) is 5.36. The van der Waals surface area contributed by atoms with Crippen LogP contribution >= 0.6 is 27.7 Å².